The van der Waals surface area contributed by atoms with Gasteiger partial charge in [-0.15, -0.1) is 0 Å². The van der Waals surface area contributed by atoms with Crippen molar-refractivity contribution in [3.8, 4) is 0 Å². The van der Waals surface area contributed by atoms with Crippen molar-refractivity contribution < 1.29 is 19.7 Å². The number of carbonyl (C=O) groups excluding carboxylic acids is 1. The molecule has 1 aliphatic rings. The van der Waals surface area contributed by atoms with E-state index in [1.807, 2.05) is 12.1 Å². The van der Waals surface area contributed by atoms with Crippen molar-refractivity contribution in [1.82, 2.24) is 10.3 Å². The molecule has 1 aliphatic heterocycles. The van der Waals surface area contributed by atoms with Crippen LogP contribution in [-0.4, -0.2) is 52.6 Å². The van der Waals surface area contributed by atoms with E-state index < -0.39 is 18.2 Å². The minimum absolute atomic E-state index is 0.256. The van der Waals surface area contributed by atoms with Gasteiger partial charge in [0.1, 0.15) is 12.2 Å². The number of rotatable bonds is 3. The summed E-state index contributed by atoms with van der Waals surface area (Å²) in [6, 6.07) is 8.55. The van der Waals surface area contributed by atoms with Crippen LogP contribution in [0, 0.1) is 0 Å². The van der Waals surface area contributed by atoms with Crippen molar-refractivity contribution in [2.24, 2.45) is 0 Å². The van der Waals surface area contributed by atoms with Gasteiger partial charge in [-0.05, 0) is 30.7 Å². The average molecular weight is 302 g/mol. The lowest BCUT2D eigenvalue weighted by Gasteiger charge is -2.34. The van der Waals surface area contributed by atoms with Crippen molar-refractivity contribution in [3.05, 3.63) is 42.1 Å². The third-order valence-corrected chi connectivity index (χ3v) is 3.92. The van der Waals surface area contributed by atoms with Crippen LogP contribution in [-0.2, 0) is 4.74 Å². The lowest BCUT2D eigenvalue weighted by molar-refractivity contribution is -0.107. The Labute approximate surface area is 127 Å². The molecule has 0 saturated carbocycles. The number of aliphatic hydroxyl groups is 2. The van der Waals surface area contributed by atoms with Crippen LogP contribution in [0.3, 0.4) is 0 Å². The molecule has 0 bridgehead atoms. The van der Waals surface area contributed by atoms with E-state index in [9.17, 15) is 9.90 Å². The Bertz CT molecular complexity index is 676. The highest BCUT2D eigenvalue weighted by Crippen LogP contribution is 2.17. The highest BCUT2D eigenvalue weighted by Gasteiger charge is 2.33. The van der Waals surface area contributed by atoms with Crippen molar-refractivity contribution >= 4 is 16.8 Å². The van der Waals surface area contributed by atoms with Crippen LogP contribution in [0.2, 0.25) is 0 Å². The SMILES string of the molecule is O=C(N[C@H]1CCO[C@H](CO)[C@H]1O)c1ccc2ncccc2c1. The summed E-state index contributed by atoms with van der Waals surface area (Å²) in [6.07, 6.45) is 0.651. The second kappa shape index (κ2) is 6.39. The van der Waals surface area contributed by atoms with Gasteiger partial charge in [0.05, 0.1) is 18.2 Å². The zero-order valence-electron chi connectivity index (χ0n) is 12.0. The first kappa shape index (κ1) is 14.9. The van der Waals surface area contributed by atoms with Crippen molar-refractivity contribution in [1.29, 1.82) is 0 Å². The molecule has 3 rings (SSSR count). The van der Waals surface area contributed by atoms with Crippen LogP contribution in [0.25, 0.3) is 10.9 Å². The van der Waals surface area contributed by atoms with Crippen molar-refractivity contribution in [3.63, 3.8) is 0 Å². The van der Waals surface area contributed by atoms with Crippen LogP contribution in [0.15, 0.2) is 36.5 Å². The molecule has 3 atom stereocenters. The van der Waals surface area contributed by atoms with E-state index >= 15 is 0 Å². The Morgan fingerprint density at radius 3 is 3.09 bits per heavy atom. The maximum atomic E-state index is 12.4. The summed E-state index contributed by atoms with van der Waals surface area (Å²) in [5, 5.41) is 22.9. The zero-order chi connectivity index (χ0) is 15.5. The van der Waals surface area contributed by atoms with E-state index in [2.05, 4.69) is 10.3 Å². The molecule has 6 heteroatoms. The number of pyridine rings is 1. The highest BCUT2D eigenvalue weighted by molar-refractivity contribution is 5.98. The van der Waals surface area contributed by atoms with Crippen LogP contribution < -0.4 is 5.32 Å². The molecule has 116 valence electrons. The third kappa shape index (κ3) is 2.94. The van der Waals surface area contributed by atoms with Gasteiger partial charge in [-0.3, -0.25) is 9.78 Å². The Balaban J connectivity index is 1.75. The van der Waals surface area contributed by atoms with Crippen LogP contribution >= 0.6 is 0 Å². The monoisotopic (exact) mass is 302 g/mol. The predicted octanol–water partition coefficient (Wildman–Crippen LogP) is 0.475. The summed E-state index contributed by atoms with van der Waals surface area (Å²) >= 11 is 0. The Hall–Kier alpha value is -2.02. The molecule has 2 aromatic rings. The normalized spacial score (nSPS) is 25.1. The lowest BCUT2D eigenvalue weighted by atomic mass is 9.99. The fraction of sp³-hybridized carbons (Fsp3) is 0.375. The summed E-state index contributed by atoms with van der Waals surface area (Å²) in [5.74, 6) is -0.256. The van der Waals surface area contributed by atoms with Gasteiger partial charge in [0.2, 0.25) is 0 Å². The number of hydrogen-bond acceptors (Lipinski definition) is 5. The fourth-order valence-corrected chi connectivity index (χ4v) is 2.66. The molecular formula is C16H18N2O4. The predicted molar refractivity (Wildman–Crippen MR) is 80.4 cm³/mol. The van der Waals surface area contributed by atoms with E-state index in [-0.39, 0.29) is 12.5 Å². The number of aliphatic hydroxyl groups excluding tert-OH is 2. The van der Waals surface area contributed by atoms with Crippen LogP contribution in [0.4, 0.5) is 0 Å². The Morgan fingerprint density at radius 1 is 1.41 bits per heavy atom. The summed E-state index contributed by atoms with van der Waals surface area (Å²) in [7, 11) is 0. The van der Waals surface area contributed by atoms with Crippen LogP contribution in [0.5, 0.6) is 0 Å². The fourth-order valence-electron chi connectivity index (χ4n) is 2.66. The molecule has 1 saturated heterocycles. The van der Waals surface area contributed by atoms with Gasteiger partial charge in [0.25, 0.3) is 5.91 Å². The summed E-state index contributed by atoms with van der Waals surface area (Å²) in [5.41, 5.74) is 1.34. The second-order valence-corrected chi connectivity index (χ2v) is 5.36. The molecular weight excluding hydrogens is 284 g/mol. The molecule has 3 N–H and O–H groups in total. The largest absolute Gasteiger partial charge is 0.394 e. The number of nitrogens with one attached hydrogen (secondary N) is 1. The molecule has 0 radical (unpaired) electrons. The molecule has 1 aromatic heterocycles. The van der Waals surface area contributed by atoms with Gasteiger partial charge in [0, 0.05) is 23.8 Å². The molecule has 2 heterocycles. The molecule has 1 amide bonds. The van der Waals surface area contributed by atoms with E-state index in [0.717, 1.165) is 10.9 Å². The first-order valence-corrected chi connectivity index (χ1v) is 7.25. The summed E-state index contributed by atoms with van der Waals surface area (Å²) in [6.45, 7) is 0.129. The zero-order valence-corrected chi connectivity index (χ0v) is 12.0. The van der Waals surface area contributed by atoms with E-state index in [0.29, 0.717) is 18.6 Å². The molecule has 1 aromatic carbocycles. The van der Waals surface area contributed by atoms with Crippen molar-refractivity contribution in [2.75, 3.05) is 13.2 Å². The number of aromatic nitrogens is 1. The highest BCUT2D eigenvalue weighted by atomic mass is 16.5. The lowest BCUT2D eigenvalue weighted by Crippen LogP contribution is -2.54. The topological polar surface area (TPSA) is 91.7 Å². The van der Waals surface area contributed by atoms with Crippen LogP contribution in [0.1, 0.15) is 16.8 Å². The van der Waals surface area contributed by atoms with Gasteiger partial charge >= 0.3 is 0 Å². The van der Waals surface area contributed by atoms with Gasteiger partial charge in [0.15, 0.2) is 0 Å². The number of hydrogen-bond donors (Lipinski definition) is 3. The van der Waals surface area contributed by atoms with Gasteiger partial charge in [-0.25, -0.2) is 0 Å². The minimum Gasteiger partial charge on any atom is -0.394 e. The van der Waals surface area contributed by atoms with E-state index in [4.69, 9.17) is 9.84 Å². The number of carbonyl (C=O) groups is 1. The smallest absolute Gasteiger partial charge is 0.251 e. The molecule has 1 fully saturated rings. The second-order valence-electron chi connectivity index (χ2n) is 5.36. The Kier molecular flexibility index (Phi) is 4.33. The number of ether oxygens (including phenoxy) is 1. The first-order chi connectivity index (χ1) is 10.7. The maximum absolute atomic E-state index is 12.4. The first-order valence-electron chi connectivity index (χ1n) is 7.25. The van der Waals surface area contributed by atoms with E-state index in [1.54, 1.807) is 24.4 Å². The molecule has 22 heavy (non-hydrogen) atoms. The molecule has 0 unspecified atom stereocenters. The third-order valence-electron chi connectivity index (χ3n) is 3.92. The standard InChI is InChI=1S/C16H18N2O4/c19-9-14-15(20)13(5-7-22-14)18-16(21)11-3-4-12-10(8-11)2-1-6-17-12/h1-4,6,8,13-15,19-20H,5,7,9H2,(H,18,21)/t13-,14+,15-/m0/s1. The molecule has 6 nitrogen and oxygen atoms in total. The number of nitrogens with zero attached hydrogens (tertiary/aromatic N) is 1. The summed E-state index contributed by atoms with van der Waals surface area (Å²) in [4.78, 5) is 16.6. The summed E-state index contributed by atoms with van der Waals surface area (Å²) < 4.78 is 5.25. The van der Waals surface area contributed by atoms with E-state index in [1.165, 1.54) is 0 Å². The van der Waals surface area contributed by atoms with Gasteiger partial charge < -0.3 is 20.3 Å². The number of fused-ring (bicyclic) bond motifs is 1. The average Bonchev–Trinajstić information content (AvgIpc) is 2.56. The minimum atomic E-state index is -0.912. The quantitative estimate of drug-likeness (QED) is 0.767. The maximum Gasteiger partial charge on any atom is 0.251 e. The molecule has 0 aliphatic carbocycles. The van der Waals surface area contributed by atoms with Gasteiger partial charge in [-0.2, -0.15) is 0 Å². The number of benzene rings is 1. The Morgan fingerprint density at radius 2 is 2.27 bits per heavy atom. The van der Waals surface area contributed by atoms with Gasteiger partial charge in [-0.1, -0.05) is 6.07 Å². The van der Waals surface area contributed by atoms with Crippen molar-refractivity contribution in [2.45, 2.75) is 24.7 Å². The number of amides is 1. The molecule has 0 spiro atoms.